The monoisotopic (exact) mass is 279 g/mol. The molecule has 0 radical (unpaired) electrons. The molecule has 0 atom stereocenters. The minimum absolute atomic E-state index is 0.720. The third-order valence-electron chi connectivity index (χ3n) is 3.02. The Kier molecular flexibility index (Phi) is 2.52. The van der Waals surface area contributed by atoms with Gasteiger partial charge in [0.25, 0.3) is 0 Å². The number of furan rings is 1. The van der Waals surface area contributed by atoms with Crippen LogP contribution < -0.4 is 5.32 Å². The van der Waals surface area contributed by atoms with E-state index in [0.717, 1.165) is 28.4 Å². The summed E-state index contributed by atoms with van der Waals surface area (Å²) in [7, 11) is 0. The van der Waals surface area contributed by atoms with Crippen LogP contribution in [0.1, 0.15) is 24.2 Å². The van der Waals surface area contributed by atoms with E-state index in [2.05, 4.69) is 46.4 Å². The maximum atomic E-state index is 5.87. The molecule has 1 aromatic heterocycles. The highest BCUT2D eigenvalue weighted by Gasteiger charge is 2.20. The van der Waals surface area contributed by atoms with E-state index in [1.165, 1.54) is 23.8 Å². The SMILES string of the molecule is Cc1ccc(Br)c2cc(CNC3CC3)oc12. The average molecular weight is 280 g/mol. The number of halogens is 1. The fourth-order valence-electron chi connectivity index (χ4n) is 1.90. The zero-order valence-corrected chi connectivity index (χ0v) is 10.8. The first-order valence-corrected chi connectivity index (χ1v) is 6.44. The summed E-state index contributed by atoms with van der Waals surface area (Å²) in [6.07, 6.45) is 2.62. The van der Waals surface area contributed by atoms with Crippen LogP contribution >= 0.6 is 15.9 Å². The second-order valence-corrected chi connectivity index (χ2v) is 5.33. The van der Waals surface area contributed by atoms with Gasteiger partial charge in [-0.1, -0.05) is 22.0 Å². The quantitative estimate of drug-likeness (QED) is 0.926. The molecule has 16 heavy (non-hydrogen) atoms. The fraction of sp³-hybridized carbons (Fsp3) is 0.385. The van der Waals surface area contributed by atoms with Crippen molar-refractivity contribution in [3.05, 3.63) is 34.0 Å². The third kappa shape index (κ3) is 1.89. The summed E-state index contributed by atoms with van der Waals surface area (Å²) in [5.74, 6) is 1.02. The molecule has 2 nitrogen and oxygen atoms in total. The summed E-state index contributed by atoms with van der Waals surface area (Å²) >= 11 is 3.56. The van der Waals surface area contributed by atoms with Crippen LogP contribution in [0.5, 0.6) is 0 Å². The summed E-state index contributed by atoms with van der Waals surface area (Å²) in [5.41, 5.74) is 2.19. The molecule has 0 spiro atoms. The largest absolute Gasteiger partial charge is 0.459 e. The summed E-state index contributed by atoms with van der Waals surface area (Å²) in [5, 5.41) is 4.64. The molecule has 0 amide bonds. The molecule has 0 unspecified atom stereocenters. The molecule has 1 aliphatic carbocycles. The number of rotatable bonds is 3. The lowest BCUT2D eigenvalue weighted by molar-refractivity contribution is 0.511. The molecule has 2 aromatic rings. The van der Waals surface area contributed by atoms with Gasteiger partial charge in [-0.2, -0.15) is 0 Å². The highest BCUT2D eigenvalue weighted by molar-refractivity contribution is 9.10. The number of nitrogens with one attached hydrogen (secondary N) is 1. The van der Waals surface area contributed by atoms with Gasteiger partial charge in [0.2, 0.25) is 0 Å². The molecule has 84 valence electrons. The van der Waals surface area contributed by atoms with Gasteiger partial charge in [0.15, 0.2) is 0 Å². The van der Waals surface area contributed by atoms with Gasteiger partial charge in [0.05, 0.1) is 6.54 Å². The topological polar surface area (TPSA) is 25.2 Å². The van der Waals surface area contributed by atoms with Crippen LogP contribution in [0, 0.1) is 6.92 Å². The van der Waals surface area contributed by atoms with E-state index in [4.69, 9.17) is 4.42 Å². The Morgan fingerprint density at radius 3 is 2.94 bits per heavy atom. The Hall–Kier alpha value is -0.800. The van der Waals surface area contributed by atoms with Gasteiger partial charge in [-0.05, 0) is 37.5 Å². The standard InChI is InChI=1S/C13H14BrNO/c1-8-2-5-12(14)11-6-10(16-13(8)11)7-15-9-3-4-9/h2,5-6,9,15H,3-4,7H2,1H3. The Labute approximate surface area is 103 Å². The molecule has 0 bridgehead atoms. The number of aryl methyl sites for hydroxylation is 1. The van der Waals surface area contributed by atoms with E-state index in [0.29, 0.717) is 0 Å². The van der Waals surface area contributed by atoms with E-state index >= 15 is 0 Å². The first-order valence-electron chi connectivity index (χ1n) is 5.65. The molecule has 0 aliphatic heterocycles. The number of benzene rings is 1. The van der Waals surface area contributed by atoms with Gasteiger partial charge in [-0.15, -0.1) is 0 Å². The van der Waals surface area contributed by atoms with Crippen molar-refractivity contribution in [2.75, 3.05) is 0 Å². The number of fused-ring (bicyclic) bond motifs is 1. The van der Waals surface area contributed by atoms with Crippen LogP contribution in [0.3, 0.4) is 0 Å². The highest BCUT2D eigenvalue weighted by atomic mass is 79.9. The van der Waals surface area contributed by atoms with Gasteiger partial charge in [-0.25, -0.2) is 0 Å². The molecule has 3 rings (SSSR count). The molecule has 1 aromatic carbocycles. The average Bonchev–Trinajstić information content (AvgIpc) is 2.99. The van der Waals surface area contributed by atoms with Crippen LogP contribution in [-0.2, 0) is 6.54 Å². The molecular weight excluding hydrogens is 266 g/mol. The van der Waals surface area contributed by atoms with Crippen molar-refractivity contribution >= 4 is 26.9 Å². The first kappa shape index (κ1) is 10.4. The highest BCUT2D eigenvalue weighted by Crippen LogP contribution is 2.30. The molecular formula is C13H14BrNO. The number of hydrogen-bond acceptors (Lipinski definition) is 2. The van der Waals surface area contributed by atoms with E-state index in [9.17, 15) is 0 Å². The third-order valence-corrected chi connectivity index (χ3v) is 3.71. The lowest BCUT2D eigenvalue weighted by atomic mass is 10.2. The van der Waals surface area contributed by atoms with E-state index in [1.807, 2.05) is 0 Å². The van der Waals surface area contributed by atoms with Gasteiger partial charge < -0.3 is 9.73 Å². The number of hydrogen-bond donors (Lipinski definition) is 1. The van der Waals surface area contributed by atoms with E-state index in [1.54, 1.807) is 0 Å². The Morgan fingerprint density at radius 2 is 2.25 bits per heavy atom. The lowest BCUT2D eigenvalue weighted by Gasteiger charge is -1.97. The van der Waals surface area contributed by atoms with Crippen molar-refractivity contribution in [2.45, 2.75) is 32.4 Å². The fourth-order valence-corrected chi connectivity index (χ4v) is 2.32. The second-order valence-electron chi connectivity index (χ2n) is 4.47. The summed E-state index contributed by atoms with van der Waals surface area (Å²) in [6.45, 7) is 2.92. The van der Waals surface area contributed by atoms with Crippen LogP contribution in [-0.4, -0.2) is 6.04 Å². The minimum Gasteiger partial charge on any atom is -0.459 e. The summed E-state index contributed by atoms with van der Waals surface area (Å²) < 4.78 is 6.97. The molecule has 1 heterocycles. The van der Waals surface area contributed by atoms with Crippen molar-refractivity contribution < 1.29 is 4.42 Å². The first-order chi connectivity index (χ1) is 7.74. The predicted octanol–water partition coefficient (Wildman–Crippen LogP) is 3.76. The van der Waals surface area contributed by atoms with Crippen molar-refractivity contribution in [3.8, 4) is 0 Å². The van der Waals surface area contributed by atoms with Crippen molar-refractivity contribution in [2.24, 2.45) is 0 Å². The second kappa shape index (κ2) is 3.90. The zero-order valence-electron chi connectivity index (χ0n) is 9.22. The summed E-state index contributed by atoms with van der Waals surface area (Å²) in [6, 6.07) is 7.00. The summed E-state index contributed by atoms with van der Waals surface area (Å²) in [4.78, 5) is 0. The van der Waals surface area contributed by atoms with Crippen LogP contribution in [0.15, 0.2) is 27.1 Å². The Morgan fingerprint density at radius 1 is 1.44 bits per heavy atom. The van der Waals surface area contributed by atoms with Gasteiger partial charge in [0, 0.05) is 15.9 Å². The maximum absolute atomic E-state index is 5.87. The van der Waals surface area contributed by atoms with Crippen molar-refractivity contribution in [1.82, 2.24) is 5.32 Å². The van der Waals surface area contributed by atoms with Gasteiger partial charge in [0.1, 0.15) is 11.3 Å². The molecule has 1 saturated carbocycles. The Balaban J connectivity index is 1.94. The minimum atomic E-state index is 0.720. The normalized spacial score (nSPS) is 15.9. The van der Waals surface area contributed by atoms with Crippen molar-refractivity contribution in [1.29, 1.82) is 0 Å². The van der Waals surface area contributed by atoms with Gasteiger partial charge in [-0.3, -0.25) is 0 Å². The van der Waals surface area contributed by atoms with Crippen molar-refractivity contribution in [3.63, 3.8) is 0 Å². The maximum Gasteiger partial charge on any atom is 0.138 e. The Bertz CT molecular complexity index is 489. The van der Waals surface area contributed by atoms with E-state index in [-0.39, 0.29) is 0 Å². The smallest absolute Gasteiger partial charge is 0.138 e. The molecule has 1 N–H and O–H groups in total. The van der Waals surface area contributed by atoms with Crippen LogP contribution in [0.25, 0.3) is 11.0 Å². The lowest BCUT2D eigenvalue weighted by Crippen LogP contribution is -2.14. The zero-order chi connectivity index (χ0) is 11.1. The van der Waals surface area contributed by atoms with Gasteiger partial charge >= 0.3 is 0 Å². The molecule has 3 heteroatoms. The molecule has 0 saturated heterocycles. The predicted molar refractivity (Wildman–Crippen MR) is 68.5 cm³/mol. The molecule has 1 fully saturated rings. The van der Waals surface area contributed by atoms with E-state index < -0.39 is 0 Å². The molecule has 1 aliphatic rings. The van der Waals surface area contributed by atoms with Crippen LogP contribution in [0.2, 0.25) is 0 Å². The van der Waals surface area contributed by atoms with Crippen LogP contribution in [0.4, 0.5) is 0 Å².